The number of hydrogen-bond donors (Lipinski definition) is 2. The molecule has 0 aromatic heterocycles. The van der Waals surface area contributed by atoms with Gasteiger partial charge in [-0.1, -0.05) is 36.8 Å². The van der Waals surface area contributed by atoms with Crippen LogP contribution in [0.5, 0.6) is 0 Å². The van der Waals surface area contributed by atoms with Crippen molar-refractivity contribution in [3.05, 3.63) is 35.9 Å². The molecule has 2 aliphatic rings. The Morgan fingerprint density at radius 2 is 1.76 bits per heavy atom. The zero-order valence-electron chi connectivity index (χ0n) is 13.0. The molecule has 2 fully saturated rings. The fourth-order valence-corrected chi connectivity index (χ4v) is 3.81. The highest BCUT2D eigenvalue weighted by Crippen LogP contribution is 2.20. The van der Waals surface area contributed by atoms with Crippen LogP contribution in [-0.2, 0) is 6.54 Å². The Hall–Kier alpha value is -0.900. The van der Waals surface area contributed by atoms with Gasteiger partial charge in [0.2, 0.25) is 0 Å². The van der Waals surface area contributed by atoms with Crippen molar-refractivity contribution in [2.45, 2.75) is 63.2 Å². The third-order valence-electron chi connectivity index (χ3n) is 5.02. The van der Waals surface area contributed by atoms with Crippen molar-refractivity contribution in [3.8, 4) is 0 Å². The zero-order valence-corrected chi connectivity index (χ0v) is 13.0. The first-order chi connectivity index (χ1) is 10.3. The lowest BCUT2D eigenvalue weighted by Crippen LogP contribution is -2.48. The summed E-state index contributed by atoms with van der Waals surface area (Å²) in [6.07, 6.45) is 7.55. The number of benzene rings is 1. The van der Waals surface area contributed by atoms with E-state index in [0.717, 1.165) is 6.54 Å². The van der Waals surface area contributed by atoms with Crippen LogP contribution in [-0.4, -0.2) is 36.1 Å². The van der Waals surface area contributed by atoms with Gasteiger partial charge >= 0.3 is 0 Å². The van der Waals surface area contributed by atoms with Crippen LogP contribution in [0.15, 0.2) is 30.3 Å². The van der Waals surface area contributed by atoms with Gasteiger partial charge in [-0.25, -0.2) is 0 Å². The fourth-order valence-electron chi connectivity index (χ4n) is 3.81. The first-order valence-corrected chi connectivity index (χ1v) is 8.57. The van der Waals surface area contributed by atoms with Gasteiger partial charge in [0.1, 0.15) is 0 Å². The average Bonchev–Trinajstić information content (AvgIpc) is 2.50. The predicted octanol–water partition coefficient (Wildman–Crippen LogP) is 2.51. The first-order valence-electron chi connectivity index (χ1n) is 8.57. The SMILES string of the molecule is NC1CCCC(NC2CCN(Cc3ccccc3)CC2)C1. The third kappa shape index (κ3) is 4.53. The topological polar surface area (TPSA) is 41.3 Å². The molecule has 2 unspecified atom stereocenters. The van der Waals surface area contributed by atoms with Crippen molar-refractivity contribution >= 4 is 0 Å². The van der Waals surface area contributed by atoms with E-state index in [1.54, 1.807) is 0 Å². The Morgan fingerprint density at radius 1 is 1.00 bits per heavy atom. The lowest BCUT2D eigenvalue weighted by Gasteiger charge is -2.36. The van der Waals surface area contributed by atoms with Gasteiger partial charge in [-0.05, 0) is 50.8 Å². The molecule has 1 aliphatic carbocycles. The summed E-state index contributed by atoms with van der Waals surface area (Å²) in [6, 6.07) is 12.6. The van der Waals surface area contributed by atoms with E-state index in [0.29, 0.717) is 18.1 Å². The largest absolute Gasteiger partial charge is 0.328 e. The van der Waals surface area contributed by atoms with Gasteiger partial charge in [0.25, 0.3) is 0 Å². The second-order valence-electron chi connectivity index (χ2n) is 6.83. The molecule has 3 nitrogen and oxygen atoms in total. The second-order valence-corrected chi connectivity index (χ2v) is 6.83. The number of nitrogens with two attached hydrogens (primary N) is 1. The summed E-state index contributed by atoms with van der Waals surface area (Å²) in [7, 11) is 0. The summed E-state index contributed by atoms with van der Waals surface area (Å²) in [4.78, 5) is 2.58. The van der Waals surface area contributed by atoms with E-state index in [-0.39, 0.29) is 0 Å². The average molecular weight is 287 g/mol. The molecule has 1 saturated heterocycles. The standard InChI is InChI=1S/C18H29N3/c19-16-7-4-8-18(13-16)20-17-9-11-21(12-10-17)14-15-5-2-1-3-6-15/h1-3,5-6,16-18,20H,4,7-14,19H2. The number of nitrogens with zero attached hydrogens (tertiary/aromatic N) is 1. The molecule has 3 heteroatoms. The molecule has 0 amide bonds. The van der Waals surface area contributed by atoms with Crippen LogP contribution >= 0.6 is 0 Å². The number of nitrogens with one attached hydrogen (secondary N) is 1. The highest BCUT2D eigenvalue weighted by molar-refractivity contribution is 5.14. The van der Waals surface area contributed by atoms with Crippen LogP contribution in [0.4, 0.5) is 0 Å². The minimum atomic E-state index is 0.425. The molecule has 3 N–H and O–H groups in total. The molecule has 1 saturated carbocycles. The van der Waals surface area contributed by atoms with Gasteiger partial charge in [0.15, 0.2) is 0 Å². The van der Waals surface area contributed by atoms with Crippen LogP contribution in [0.25, 0.3) is 0 Å². The summed E-state index contributed by atoms with van der Waals surface area (Å²) < 4.78 is 0. The van der Waals surface area contributed by atoms with Crippen molar-refractivity contribution in [1.82, 2.24) is 10.2 Å². The number of likely N-dealkylation sites (tertiary alicyclic amines) is 1. The molecule has 3 rings (SSSR count). The predicted molar refractivity (Wildman–Crippen MR) is 88.1 cm³/mol. The van der Waals surface area contributed by atoms with Gasteiger partial charge in [-0.2, -0.15) is 0 Å². The molecule has 1 heterocycles. The highest BCUT2D eigenvalue weighted by atomic mass is 15.1. The third-order valence-corrected chi connectivity index (χ3v) is 5.02. The van der Waals surface area contributed by atoms with E-state index < -0.39 is 0 Å². The smallest absolute Gasteiger partial charge is 0.0233 e. The van der Waals surface area contributed by atoms with Gasteiger partial charge < -0.3 is 11.1 Å². The lowest BCUT2D eigenvalue weighted by molar-refractivity contribution is 0.176. The first kappa shape index (κ1) is 15.0. The van der Waals surface area contributed by atoms with Gasteiger partial charge in [0, 0.05) is 24.7 Å². The summed E-state index contributed by atoms with van der Waals surface area (Å²) in [5, 5.41) is 3.87. The van der Waals surface area contributed by atoms with Gasteiger partial charge in [0.05, 0.1) is 0 Å². The zero-order chi connectivity index (χ0) is 14.5. The Balaban J connectivity index is 1.40. The monoisotopic (exact) mass is 287 g/mol. The summed E-state index contributed by atoms with van der Waals surface area (Å²) in [5.74, 6) is 0. The van der Waals surface area contributed by atoms with Crippen LogP contribution < -0.4 is 11.1 Å². The van der Waals surface area contributed by atoms with Crippen LogP contribution in [0.2, 0.25) is 0 Å². The van der Waals surface area contributed by atoms with Crippen molar-refractivity contribution in [2.24, 2.45) is 5.73 Å². The molecule has 1 aliphatic heterocycles. The normalized spacial score (nSPS) is 28.6. The molecular weight excluding hydrogens is 258 g/mol. The molecule has 21 heavy (non-hydrogen) atoms. The molecule has 0 bridgehead atoms. The van der Waals surface area contributed by atoms with Crippen LogP contribution in [0.1, 0.15) is 44.1 Å². The molecule has 116 valence electrons. The van der Waals surface area contributed by atoms with E-state index in [1.807, 2.05) is 0 Å². The van der Waals surface area contributed by atoms with Crippen LogP contribution in [0, 0.1) is 0 Å². The minimum absolute atomic E-state index is 0.425. The second kappa shape index (κ2) is 7.39. The maximum Gasteiger partial charge on any atom is 0.0233 e. The molecule has 0 spiro atoms. The molecule has 2 atom stereocenters. The summed E-state index contributed by atoms with van der Waals surface area (Å²) in [6.45, 7) is 3.53. The summed E-state index contributed by atoms with van der Waals surface area (Å²) in [5.41, 5.74) is 7.52. The van der Waals surface area contributed by atoms with E-state index in [4.69, 9.17) is 5.73 Å². The summed E-state index contributed by atoms with van der Waals surface area (Å²) >= 11 is 0. The molecular formula is C18H29N3. The van der Waals surface area contributed by atoms with E-state index in [2.05, 4.69) is 40.5 Å². The minimum Gasteiger partial charge on any atom is -0.328 e. The van der Waals surface area contributed by atoms with Crippen molar-refractivity contribution in [2.75, 3.05) is 13.1 Å². The van der Waals surface area contributed by atoms with Crippen molar-refractivity contribution in [3.63, 3.8) is 0 Å². The van der Waals surface area contributed by atoms with E-state index in [1.165, 1.54) is 57.2 Å². The maximum atomic E-state index is 6.09. The lowest BCUT2D eigenvalue weighted by atomic mass is 9.90. The van der Waals surface area contributed by atoms with E-state index >= 15 is 0 Å². The maximum absolute atomic E-state index is 6.09. The Bertz CT molecular complexity index is 412. The number of piperidine rings is 1. The number of rotatable bonds is 4. The Morgan fingerprint density at radius 3 is 2.48 bits per heavy atom. The number of hydrogen-bond acceptors (Lipinski definition) is 3. The Labute approximate surface area is 128 Å². The van der Waals surface area contributed by atoms with Crippen molar-refractivity contribution in [1.29, 1.82) is 0 Å². The van der Waals surface area contributed by atoms with Gasteiger partial charge in [-0.15, -0.1) is 0 Å². The molecule has 1 aromatic carbocycles. The molecule has 1 aromatic rings. The van der Waals surface area contributed by atoms with Crippen molar-refractivity contribution < 1.29 is 0 Å². The van der Waals surface area contributed by atoms with Gasteiger partial charge in [-0.3, -0.25) is 4.90 Å². The van der Waals surface area contributed by atoms with E-state index in [9.17, 15) is 0 Å². The molecule has 0 radical (unpaired) electrons. The fraction of sp³-hybridized carbons (Fsp3) is 0.667. The quantitative estimate of drug-likeness (QED) is 0.894. The van der Waals surface area contributed by atoms with Crippen LogP contribution in [0.3, 0.4) is 0 Å². The Kier molecular flexibility index (Phi) is 5.28. The highest BCUT2D eigenvalue weighted by Gasteiger charge is 2.24.